The summed E-state index contributed by atoms with van der Waals surface area (Å²) in [5, 5.41) is 85.9. The number of ether oxygens (including phenoxy) is 5. The molecule has 55 heavy (non-hydrogen) atoms. The van der Waals surface area contributed by atoms with Gasteiger partial charge in [0.1, 0.15) is 54.9 Å². The molecule has 0 aromatic carbocycles. The van der Waals surface area contributed by atoms with E-state index in [2.05, 4.69) is 34.6 Å². The van der Waals surface area contributed by atoms with Gasteiger partial charge in [-0.3, -0.25) is 4.79 Å². The van der Waals surface area contributed by atoms with Gasteiger partial charge in [0.25, 0.3) is 0 Å². The smallest absolute Gasteiger partial charge is 0.187 e. The number of aliphatic hydroxyl groups is 8. The monoisotopic (exact) mass is 782 g/mol. The Morgan fingerprint density at radius 1 is 0.818 bits per heavy atom. The van der Waals surface area contributed by atoms with E-state index in [-0.39, 0.29) is 70.1 Å². The van der Waals surface area contributed by atoms with Gasteiger partial charge in [-0.15, -0.1) is 0 Å². The zero-order valence-corrected chi connectivity index (χ0v) is 33.4. The average Bonchev–Trinajstić information content (AvgIpc) is 3.98. The number of epoxide rings is 1. The second-order valence-electron chi connectivity index (χ2n) is 20.6. The molecule has 5 aliphatic carbocycles. The normalized spacial score (nSPS) is 56.1. The van der Waals surface area contributed by atoms with Crippen LogP contribution in [0.3, 0.4) is 0 Å². The van der Waals surface area contributed by atoms with E-state index >= 15 is 0 Å². The molecule has 0 radical (unpaired) electrons. The number of fused-ring (bicyclic) bond motifs is 2. The van der Waals surface area contributed by atoms with Gasteiger partial charge >= 0.3 is 0 Å². The van der Waals surface area contributed by atoms with Crippen molar-refractivity contribution in [1.29, 1.82) is 0 Å². The van der Waals surface area contributed by atoms with Crippen LogP contribution in [-0.4, -0.2) is 145 Å². The van der Waals surface area contributed by atoms with E-state index in [4.69, 9.17) is 23.7 Å². The number of ketones is 1. The maximum atomic E-state index is 14.2. The topological polar surface area (TPSA) is 228 Å². The molecule has 14 heteroatoms. The van der Waals surface area contributed by atoms with Gasteiger partial charge in [0.2, 0.25) is 0 Å². The molecule has 8 fully saturated rings. The summed E-state index contributed by atoms with van der Waals surface area (Å²) in [5.74, 6) is -0.0492. The lowest BCUT2D eigenvalue weighted by molar-refractivity contribution is -0.356. The van der Waals surface area contributed by atoms with Crippen molar-refractivity contribution in [3.8, 4) is 0 Å². The first-order valence-electron chi connectivity index (χ1n) is 20.8. The van der Waals surface area contributed by atoms with Crippen LogP contribution >= 0.6 is 0 Å². The van der Waals surface area contributed by atoms with Crippen molar-refractivity contribution in [2.75, 3.05) is 13.2 Å². The van der Waals surface area contributed by atoms with Crippen LogP contribution in [0.2, 0.25) is 0 Å². The molecule has 3 heterocycles. The quantitative estimate of drug-likeness (QED) is 0.120. The Morgan fingerprint density at radius 2 is 1.47 bits per heavy atom. The van der Waals surface area contributed by atoms with Gasteiger partial charge in [-0.05, 0) is 105 Å². The average molecular weight is 783 g/mol. The molecule has 0 aromatic heterocycles. The van der Waals surface area contributed by atoms with Crippen LogP contribution in [0.25, 0.3) is 0 Å². The molecular formula is C41H66O14. The molecule has 314 valence electrons. The third kappa shape index (κ3) is 5.63. The summed E-state index contributed by atoms with van der Waals surface area (Å²) in [5.41, 5.74) is -1.64. The van der Waals surface area contributed by atoms with Gasteiger partial charge in [-0.25, -0.2) is 0 Å². The van der Waals surface area contributed by atoms with E-state index in [9.17, 15) is 45.6 Å². The van der Waals surface area contributed by atoms with Crippen LogP contribution < -0.4 is 0 Å². The first kappa shape index (κ1) is 40.9. The zero-order valence-electron chi connectivity index (χ0n) is 33.4. The van der Waals surface area contributed by atoms with Crippen molar-refractivity contribution in [1.82, 2.24) is 0 Å². The summed E-state index contributed by atoms with van der Waals surface area (Å²) in [7, 11) is 0. The van der Waals surface area contributed by atoms with Crippen molar-refractivity contribution in [2.45, 2.75) is 185 Å². The number of rotatable bonds is 9. The molecule has 0 aromatic rings. The molecule has 3 saturated heterocycles. The van der Waals surface area contributed by atoms with Gasteiger partial charge < -0.3 is 64.5 Å². The van der Waals surface area contributed by atoms with E-state index in [0.717, 1.165) is 38.5 Å². The second kappa shape index (κ2) is 13.3. The SMILES string of the molecule is C[C@H](C[C@@H](O)[C@@H]1OC1(C)C)[C@H]1C(=O)[C@H](O)[C@@]2(C)[C@@H]3CC[C@H]4C(C)(C)[C@@H](O[C@@H]5OC[C@@H](O)[C@H](O[C@@H]6O[C@H](CO)[C@@H](O)[C@H](O)[C@H]6O)[C@H]5O)CC[C@@]45C[C@@]35CC[C@]12C. The predicted molar refractivity (Wildman–Crippen MR) is 193 cm³/mol. The lowest BCUT2D eigenvalue weighted by Gasteiger charge is -2.63. The van der Waals surface area contributed by atoms with Crippen molar-refractivity contribution in [3.05, 3.63) is 0 Å². The number of aliphatic hydroxyl groups excluding tert-OH is 8. The van der Waals surface area contributed by atoms with Crippen LogP contribution in [0.15, 0.2) is 0 Å². The molecule has 14 nitrogen and oxygen atoms in total. The van der Waals surface area contributed by atoms with Gasteiger partial charge in [-0.2, -0.15) is 0 Å². The number of Topliss-reactive ketones (excluding diaryl/α,β-unsaturated/α-hetero) is 1. The van der Waals surface area contributed by atoms with Gasteiger partial charge in [-0.1, -0.05) is 34.6 Å². The maximum absolute atomic E-state index is 14.2. The van der Waals surface area contributed by atoms with Crippen LogP contribution in [0.4, 0.5) is 0 Å². The first-order valence-corrected chi connectivity index (χ1v) is 20.8. The van der Waals surface area contributed by atoms with Crippen LogP contribution in [0, 0.1) is 50.7 Å². The largest absolute Gasteiger partial charge is 0.394 e. The molecule has 0 unspecified atom stereocenters. The van der Waals surface area contributed by atoms with Gasteiger partial charge in [0.15, 0.2) is 18.4 Å². The Balaban J connectivity index is 0.966. The molecular weight excluding hydrogens is 716 g/mol. The van der Waals surface area contributed by atoms with Crippen molar-refractivity contribution in [3.63, 3.8) is 0 Å². The molecule has 8 rings (SSSR count). The Hall–Kier alpha value is -0.850. The molecule has 3 aliphatic heterocycles. The highest BCUT2D eigenvalue weighted by Gasteiger charge is 2.84. The predicted octanol–water partition coefficient (Wildman–Crippen LogP) is 0.788. The summed E-state index contributed by atoms with van der Waals surface area (Å²) in [6.07, 6.45) is -8.49. The minimum atomic E-state index is -1.70. The molecule has 0 amide bonds. The Morgan fingerprint density at radius 3 is 2.13 bits per heavy atom. The van der Waals surface area contributed by atoms with Crippen molar-refractivity contribution < 1.29 is 69.3 Å². The minimum absolute atomic E-state index is 0.00644. The van der Waals surface area contributed by atoms with E-state index in [1.54, 1.807) is 0 Å². The first-order chi connectivity index (χ1) is 25.6. The highest BCUT2D eigenvalue weighted by molar-refractivity contribution is 5.90. The summed E-state index contributed by atoms with van der Waals surface area (Å²) in [6, 6.07) is 0. The lowest BCUT2D eigenvalue weighted by Crippen LogP contribution is -2.63. The summed E-state index contributed by atoms with van der Waals surface area (Å²) >= 11 is 0. The highest BCUT2D eigenvalue weighted by Crippen LogP contribution is 2.89. The number of hydrogen-bond acceptors (Lipinski definition) is 14. The van der Waals surface area contributed by atoms with Crippen LogP contribution in [0.1, 0.15) is 99.8 Å². The van der Waals surface area contributed by atoms with E-state index in [1.807, 2.05) is 13.8 Å². The maximum Gasteiger partial charge on any atom is 0.187 e. The summed E-state index contributed by atoms with van der Waals surface area (Å²) in [6.45, 7) is 14.0. The van der Waals surface area contributed by atoms with E-state index in [1.165, 1.54) is 0 Å². The molecule has 5 saturated carbocycles. The fourth-order valence-corrected chi connectivity index (χ4v) is 14.4. The minimum Gasteiger partial charge on any atom is -0.394 e. The van der Waals surface area contributed by atoms with Crippen LogP contribution in [0.5, 0.6) is 0 Å². The number of carbonyl (C=O) groups is 1. The Kier molecular flexibility index (Phi) is 9.91. The highest BCUT2D eigenvalue weighted by atomic mass is 16.7. The van der Waals surface area contributed by atoms with Gasteiger partial charge in [0, 0.05) is 11.3 Å². The zero-order chi connectivity index (χ0) is 40.0. The Labute approximate surface area is 323 Å². The fourth-order valence-electron chi connectivity index (χ4n) is 14.4. The van der Waals surface area contributed by atoms with E-state index in [0.29, 0.717) is 12.8 Å². The molecule has 21 atom stereocenters. The second-order valence-corrected chi connectivity index (χ2v) is 20.6. The molecule has 8 aliphatic rings. The fraction of sp³-hybridized carbons (Fsp3) is 0.976. The molecule has 0 bridgehead atoms. The molecule has 8 N–H and O–H groups in total. The number of carbonyl (C=O) groups excluding carboxylic acids is 1. The summed E-state index contributed by atoms with van der Waals surface area (Å²) in [4.78, 5) is 14.2. The Bertz CT molecular complexity index is 1490. The van der Waals surface area contributed by atoms with Crippen molar-refractivity contribution in [2.24, 2.45) is 50.7 Å². The standard InChI is InChI=1S/C41H66O14/c1-18(14-19(43)33-37(4,5)55-33)25-27(46)32(50)39(7)23-9-8-22-36(2,3)24(10-11-40(22)17-41(23,40)13-12-38(25,39)6)53-34-30(49)31(20(44)16-51-34)54-35-29(48)28(47)26(45)21(15-42)52-35/h18-26,28-35,42-45,47-50H,8-17H2,1-7H3/t18-,19-,20-,21-,22+,23+,24+,25+,26-,28+,29-,30-,31+,32+,33+,34+,35+,38-,39-,40-,41+/m1/s1. The van der Waals surface area contributed by atoms with Crippen LogP contribution in [-0.2, 0) is 28.5 Å². The third-order valence-corrected chi connectivity index (χ3v) is 17.5. The third-order valence-electron chi connectivity index (χ3n) is 17.5. The van der Waals surface area contributed by atoms with Crippen molar-refractivity contribution >= 4 is 5.78 Å². The summed E-state index contributed by atoms with van der Waals surface area (Å²) < 4.78 is 29.5. The number of hydrogen-bond donors (Lipinski definition) is 8. The lowest BCUT2D eigenvalue weighted by atomic mass is 9.41. The molecule has 2 spiro atoms. The van der Waals surface area contributed by atoms with E-state index < -0.39 is 85.0 Å². The van der Waals surface area contributed by atoms with Gasteiger partial charge in [0.05, 0.1) is 31.0 Å².